The first-order valence-electron chi connectivity index (χ1n) is 5.76. The molecule has 0 atom stereocenters. The van der Waals surface area contributed by atoms with Gasteiger partial charge in [-0.2, -0.15) is 5.10 Å². The molecule has 2 aromatic rings. The highest BCUT2D eigenvalue weighted by Gasteiger charge is 2.11. The molecule has 19 heavy (non-hydrogen) atoms. The summed E-state index contributed by atoms with van der Waals surface area (Å²) in [7, 11) is 1.48. The molecule has 0 bridgehead atoms. The molecule has 2 aromatic heterocycles. The number of nitrogens with one attached hydrogen (secondary N) is 1. The standard InChI is InChI=1S/C12H15N5O2/c1-19-12-10(3-2-4-15-12)11(18)14-5-6-17-8-9(13)7-16-17/h2-4,7-8H,5-6,13H2,1H3,(H,14,18). The lowest BCUT2D eigenvalue weighted by molar-refractivity contribution is 0.0948. The normalized spacial score (nSPS) is 10.2. The van der Waals surface area contributed by atoms with E-state index in [1.165, 1.54) is 7.11 Å². The number of carbonyl (C=O) groups is 1. The summed E-state index contributed by atoms with van der Waals surface area (Å²) in [5.41, 5.74) is 6.55. The second-order valence-corrected chi connectivity index (χ2v) is 3.85. The molecule has 0 aliphatic heterocycles. The smallest absolute Gasteiger partial charge is 0.256 e. The summed E-state index contributed by atoms with van der Waals surface area (Å²) in [6, 6.07) is 3.35. The summed E-state index contributed by atoms with van der Waals surface area (Å²) >= 11 is 0. The lowest BCUT2D eigenvalue weighted by atomic mass is 10.2. The fraction of sp³-hybridized carbons (Fsp3) is 0.250. The van der Waals surface area contributed by atoms with Crippen molar-refractivity contribution < 1.29 is 9.53 Å². The van der Waals surface area contributed by atoms with Gasteiger partial charge in [0.05, 0.1) is 25.5 Å². The van der Waals surface area contributed by atoms with Crippen LogP contribution in [0.2, 0.25) is 0 Å². The van der Waals surface area contributed by atoms with Crippen LogP contribution in [-0.2, 0) is 6.54 Å². The molecule has 3 N–H and O–H groups in total. The highest BCUT2D eigenvalue weighted by Crippen LogP contribution is 2.12. The number of nitrogens with zero attached hydrogens (tertiary/aromatic N) is 3. The van der Waals surface area contributed by atoms with Crippen molar-refractivity contribution in [2.24, 2.45) is 0 Å². The zero-order valence-corrected chi connectivity index (χ0v) is 10.5. The maximum absolute atomic E-state index is 11.9. The van der Waals surface area contributed by atoms with E-state index in [0.717, 1.165) is 0 Å². The van der Waals surface area contributed by atoms with Crippen LogP contribution in [-0.4, -0.2) is 34.3 Å². The highest BCUT2D eigenvalue weighted by atomic mass is 16.5. The van der Waals surface area contributed by atoms with Gasteiger partial charge in [0.15, 0.2) is 0 Å². The molecule has 0 aromatic carbocycles. The van der Waals surface area contributed by atoms with Gasteiger partial charge in [-0.25, -0.2) is 4.98 Å². The zero-order valence-electron chi connectivity index (χ0n) is 10.5. The van der Waals surface area contributed by atoms with Crippen LogP contribution < -0.4 is 15.8 Å². The number of aromatic nitrogens is 3. The Morgan fingerprint density at radius 2 is 2.42 bits per heavy atom. The largest absolute Gasteiger partial charge is 0.480 e. The average Bonchev–Trinajstić information content (AvgIpc) is 2.84. The van der Waals surface area contributed by atoms with Crippen molar-refractivity contribution in [2.75, 3.05) is 19.4 Å². The minimum absolute atomic E-state index is 0.231. The minimum atomic E-state index is -0.231. The predicted octanol–water partition coefficient (Wildman–Crippen LogP) is 0.299. The van der Waals surface area contributed by atoms with Gasteiger partial charge in [0.2, 0.25) is 5.88 Å². The van der Waals surface area contributed by atoms with Crippen molar-refractivity contribution >= 4 is 11.6 Å². The van der Waals surface area contributed by atoms with Crippen LogP contribution in [0.4, 0.5) is 5.69 Å². The molecule has 0 fully saturated rings. The number of hydrogen-bond acceptors (Lipinski definition) is 5. The third-order valence-electron chi connectivity index (χ3n) is 2.49. The Balaban J connectivity index is 1.90. The fourth-order valence-corrected chi connectivity index (χ4v) is 1.61. The van der Waals surface area contributed by atoms with E-state index < -0.39 is 0 Å². The molecule has 1 amide bonds. The number of rotatable bonds is 5. The summed E-state index contributed by atoms with van der Waals surface area (Å²) in [5, 5.41) is 6.79. The van der Waals surface area contributed by atoms with E-state index >= 15 is 0 Å². The number of carbonyl (C=O) groups excluding carboxylic acids is 1. The number of methoxy groups -OCH3 is 1. The van der Waals surface area contributed by atoms with Gasteiger partial charge in [0.25, 0.3) is 5.91 Å². The second-order valence-electron chi connectivity index (χ2n) is 3.85. The first-order chi connectivity index (χ1) is 9.20. The van der Waals surface area contributed by atoms with Crippen molar-refractivity contribution in [1.82, 2.24) is 20.1 Å². The summed E-state index contributed by atoms with van der Waals surface area (Å²) in [6.07, 6.45) is 4.84. The molecule has 0 radical (unpaired) electrons. The number of nitrogen functional groups attached to an aromatic ring is 1. The minimum Gasteiger partial charge on any atom is -0.480 e. The Hall–Kier alpha value is -2.57. The van der Waals surface area contributed by atoms with Crippen molar-refractivity contribution in [1.29, 1.82) is 0 Å². The second kappa shape index (κ2) is 5.85. The number of pyridine rings is 1. The molecular formula is C12H15N5O2. The summed E-state index contributed by atoms with van der Waals surface area (Å²) in [6.45, 7) is 0.990. The van der Waals surface area contributed by atoms with Gasteiger partial charge in [0, 0.05) is 18.9 Å². The van der Waals surface area contributed by atoms with Crippen LogP contribution in [0.3, 0.4) is 0 Å². The van der Waals surface area contributed by atoms with E-state index in [0.29, 0.717) is 30.2 Å². The Kier molecular flexibility index (Phi) is 3.97. The number of amides is 1. The maximum atomic E-state index is 11.9. The van der Waals surface area contributed by atoms with Gasteiger partial charge in [-0.3, -0.25) is 9.48 Å². The number of hydrogen-bond donors (Lipinski definition) is 2. The highest BCUT2D eigenvalue weighted by molar-refractivity contribution is 5.96. The maximum Gasteiger partial charge on any atom is 0.256 e. The predicted molar refractivity (Wildman–Crippen MR) is 69.8 cm³/mol. The van der Waals surface area contributed by atoms with E-state index in [1.807, 2.05) is 0 Å². The van der Waals surface area contributed by atoms with Crippen LogP contribution >= 0.6 is 0 Å². The van der Waals surface area contributed by atoms with E-state index in [1.54, 1.807) is 35.4 Å². The van der Waals surface area contributed by atoms with Gasteiger partial charge in [0.1, 0.15) is 5.56 Å². The average molecular weight is 261 g/mol. The first kappa shape index (κ1) is 12.9. The fourth-order valence-electron chi connectivity index (χ4n) is 1.61. The Labute approximate surface area is 110 Å². The number of anilines is 1. The summed E-state index contributed by atoms with van der Waals surface area (Å²) in [4.78, 5) is 15.9. The molecule has 0 aliphatic carbocycles. The van der Waals surface area contributed by atoms with E-state index in [9.17, 15) is 4.79 Å². The van der Waals surface area contributed by atoms with Crippen LogP contribution in [0, 0.1) is 0 Å². The number of nitrogens with two attached hydrogens (primary N) is 1. The van der Waals surface area contributed by atoms with Gasteiger partial charge < -0.3 is 15.8 Å². The van der Waals surface area contributed by atoms with Crippen LogP contribution in [0.1, 0.15) is 10.4 Å². The van der Waals surface area contributed by atoms with Crippen molar-refractivity contribution in [3.8, 4) is 5.88 Å². The van der Waals surface area contributed by atoms with Crippen LogP contribution in [0.15, 0.2) is 30.7 Å². The third-order valence-corrected chi connectivity index (χ3v) is 2.49. The summed E-state index contributed by atoms with van der Waals surface area (Å²) in [5.74, 6) is 0.0772. The molecule has 7 heteroatoms. The van der Waals surface area contributed by atoms with Gasteiger partial charge in [-0.1, -0.05) is 0 Å². The summed E-state index contributed by atoms with van der Waals surface area (Å²) < 4.78 is 6.69. The zero-order chi connectivity index (χ0) is 13.7. The quantitative estimate of drug-likeness (QED) is 0.807. The Morgan fingerprint density at radius 3 is 3.11 bits per heavy atom. The Morgan fingerprint density at radius 1 is 1.58 bits per heavy atom. The molecule has 0 spiro atoms. The molecule has 100 valence electrons. The van der Waals surface area contributed by atoms with Gasteiger partial charge in [-0.15, -0.1) is 0 Å². The monoisotopic (exact) mass is 261 g/mol. The third kappa shape index (κ3) is 3.21. The van der Waals surface area contributed by atoms with Crippen molar-refractivity contribution in [3.63, 3.8) is 0 Å². The van der Waals surface area contributed by atoms with Crippen LogP contribution in [0.25, 0.3) is 0 Å². The van der Waals surface area contributed by atoms with Crippen LogP contribution in [0.5, 0.6) is 5.88 Å². The number of ether oxygens (including phenoxy) is 1. The molecule has 0 saturated heterocycles. The van der Waals surface area contributed by atoms with Gasteiger partial charge >= 0.3 is 0 Å². The van der Waals surface area contributed by atoms with Gasteiger partial charge in [-0.05, 0) is 12.1 Å². The molecular weight excluding hydrogens is 246 g/mol. The lowest BCUT2D eigenvalue weighted by Crippen LogP contribution is -2.27. The lowest BCUT2D eigenvalue weighted by Gasteiger charge is -2.08. The molecule has 0 unspecified atom stereocenters. The molecule has 0 saturated carbocycles. The van der Waals surface area contributed by atoms with Crippen molar-refractivity contribution in [2.45, 2.75) is 6.54 Å². The van der Waals surface area contributed by atoms with E-state index in [2.05, 4.69) is 15.4 Å². The topological polar surface area (TPSA) is 95.1 Å². The van der Waals surface area contributed by atoms with E-state index in [4.69, 9.17) is 10.5 Å². The first-order valence-corrected chi connectivity index (χ1v) is 5.76. The molecule has 2 heterocycles. The van der Waals surface area contributed by atoms with E-state index in [-0.39, 0.29) is 5.91 Å². The SMILES string of the molecule is COc1ncccc1C(=O)NCCn1cc(N)cn1. The Bertz CT molecular complexity index is 567. The molecule has 2 rings (SSSR count). The molecule has 7 nitrogen and oxygen atoms in total. The van der Waals surface area contributed by atoms with Crippen molar-refractivity contribution in [3.05, 3.63) is 36.3 Å². The molecule has 0 aliphatic rings.